The number of pyridine rings is 1. The van der Waals surface area contributed by atoms with Gasteiger partial charge < -0.3 is 14.2 Å². The highest BCUT2D eigenvalue weighted by Gasteiger charge is 2.45. The molecule has 1 aromatic heterocycles. The number of halogens is 1. The number of hydrogen-bond acceptors (Lipinski definition) is 4. The van der Waals surface area contributed by atoms with Crippen molar-refractivity contribution in [3.8, 4) is 0 Å². The van der Waals surface area contributed by atoms with Crippen LogP contribution in [0.2, 0.25) is 0 Å². The van der Waals surface area contributed by atoms with E-state index in [1.807, 2.05) is 21.6 Å². The summed E-state index contributed by atoms with van der Waals surface area (Å²) in [5, 5.41) is 0. The van der Waals surface area contributed by atoms with Crippen LogP contribution in [0.5, 0.6) is 0 Å². The van der Waals surface area contributed by atoms with Crippen molar-refractivity contribution in [2.75, 3.05) is 13.1 Å². The predicted octanol–water partition coefficient (Wildman–Crippen LogP) is 3.63. The minimum absolute atomic E-state index is 0.00327. The van der Waals surface area contributed by atoms with Crippen molar-refractivity contribution < 1.29 is 18.7 Å². The Morgan fingerprint density at radius 3 is 2.53 bits per heavy atom. The van der Waals surface area contributed by atoms with Gasteiger partial charge in [-0.15, -0.1) is 0 Å². The number of carbonyl (C=O) groups excluding carboxylic acids is 2. The Labute approximate surface area is 195 Å². The number of cyclic esters (lactones) is 1. The van der Waals surface area contributed by atoms with Crippen LogP contribution in [0, 0.1) is 11.7 Å². The highest BCUT2D eigenvalue weighted by atomic mass is 19.1. The molecule has 7 heteroatoms. The number of ether oxygens (including phenoxy) is 1. The van der Waals surface area contributed by atoms with E-state index in [-0.39, 0.29) is 23.3 Å². The molecule has 4 atom stereocenters. The van der Waals surface area contributed by atoms with E-state index < -0.39 is 23.8 Å². The van der Waals surface area contributed by atoms with Gasteiger partial charge in [0.25, 0.3) is 5.56 Å². The van der Waals surface area contributed by atoms with Gasteiger partial charge in [0.2, 0.25) is 5.91 Å². The minimum atomic E-state index is -0.841. The van der Waals surface area contributed by atoms with Gasteiger partial charge >= 0.3 is 5.97 Å². The molecule has 4 heterocycles. The normalized spacial score (nSPS) is 25.2. The molecular formula is C27H23FN2O4. The molecule has 6 nitrogen and oxygen atoms in total. The van der Waals surface area contributed by atoms with Crippen LogP contribution in [0.3, 0.4) is 0 Å². The van der Waals surface area contributed by atoms with E-state index >= 15 is 0 Å². The van der Waals surface area contributed by atoms with Crippen LogP contribution in [0.15, 0.2) is 71.5 Å². The van der Waals surface area contributed by atoms with Gasteiger partial charge in [-0.1, -0.05) is 36.4 Å². The van der Waals surface area contributed by atoms with Gasteiger partial charge in [-0.05, 0) is 47.7 Å². The molecule has 2 bridgehead atoms. The topological polar surface area (TPSA) is 68.6 Å². The Balaban J connectivity index is 1.38. The summed E-state index contributed by atoms with van der Waals surface area (Å²) >= 11 is 0. The zero-order valence-electron chi connectivity index (χ0n) is 18.4. The summed E-state index contributed by atoms with van der Waals surface area (Å²) < 4.78 is 21.2. The average molecular weight is 458 g/mol. The molecule has 3 aliphatic rings. The average Bonchev–Trinajstić information content (AvgIpc) is 2.85. The Kier molecular flexibility index (Phi) is 4.86. The van der Waals surface area contributed by atoms with E-state index in [1.165, 1.54) is 12.1 Å². The molecule has 172 valence electrons. The van der Waals surface area contributed by atoms with Crippen LogP contribution in [0.25, 0.3) is 0 Å². The maximum Gasteiger partial charge on any atom is 0.339 e. The van der Waals surface area contributed by atoms with Crippen molar-refractivity contribution in [2.45, 2.75) is 30.9 Å². The first kappa shape index (κ1) is 20.8. The number of likely N-dealkylation sites (tertiary alicyclic amines) is 1. The second kappa shape index (κ2) is 7.94. The number of nitrogens with zero attached hydrogens (tertiary/aromatic N) is 2. The second-order valence-corrected chi connectivity index (χ2v) is 9.38. The van der Waals surface area contributed by atoms with Crippen molar-refractivity contribution >= 4 is 11.9 Å². The molecule has 0 saturated carbocycles. The Morgan fingerprint density at radius 1 is 0.912 bits per heavy atom. The fraction of sp³-hybridized carbons (Fsp3) is 0.296. The van der Waals surface area contributed by atoms with Gasteiger partial charge in [-0.25, -0.2) is 9.18 Å². The third-order valence-electron chi connectivity index (χ3n) is 7.31. The molecular weight excluding hydrogens is 435 g/mol. The molecule has 0 aliphatic carbocycles. The van der Waals surface area contributed by atoms with Gasteiger partial charge in [-0.3, -0.25) is 9.59 Å². The lowest BCUT2D eigenvalue weighted by Crippen LogP contribution is -2.51. The molecule has 1 saturated heterocycles. The number of piperidine rings is 1. The van der Waals surface area contributed by atoms with E-state index in [4.69, 9.17) is 4.74 Å². The summed E-state index contributed by atoms with van der Waals surface area (Å²) in [6.45, 7) is 1.63. The molecule has 4 unspecified atom stereocenters. The van der Waals surface area contributed by atoms with Crippen LogP contribution in [0.1, 0.15) is 51.5 Å². The maximum atomic E-state index is 14.1. The number of fused-ring (bicyclic) bond motifs is 5. The first-order valence-electron chi connectivity index (χ1n) is 11.5. The van der Waals surface area contributed by atoms with Crippen LogP contribution < -0.4 is 5.56 Å². The summed E-state index contributed by atoms with van der Waals surface area (Å²) in [4.78, 5) is 41.0. The number of hydrogen-bond donors (Lipinski definition) is 0. The maximum absolute atomic E-state index is 14.1. The van der Waals surface area contributed by atoms with Crippen molar-refractivity contribution in [1.82, 2.24) is 9.47 Å². The van der Waals surface area contributed by atoms with Gasteiger partial charge in [0, 0.05) is 37.3 Å². The first-order chi connectivity index (χ1) is 16.5. The number of benzene rings is 2. The molecule has 1 amide bonds. The lowest BCUT2D eigenvalue weighted by atomic mass is 9.80. The van der Waals surface area contributed by atoms with E-state index in [0.29, 0.717) is 36.3 Å². The molecule has 3 aliphatic heterocycles. The first-order valence-corrected chi connectivity index (χ1v) is 11.5. The molecule has 1 fully saturated rings. The van der Waals surface area contributed by atoms with E-state index in [1.54, 1.807) is 42.5 Å². The van der Waals surface area contributed by atoms with E-state index in [2.05, 4.69) is 0 Å². The Morgan fingerprint density at radius 2 is 1.71 bits per heavy atom. The third kappa shape index (κ3) is 3.34. The number of aromatic nitrogens is 1. The smallest absolute Gasteiger partial charge is 0.339 e. The van der Waals surface area contributed by atoms with Crippen LogP contribution in [-0.2, 0) is 16.1 Å². The van der Waals surface area contributed by atoms with Crippen molar-refractivity contribution in [1.29, 1.82) is 0 Å². The number of carbonyl (C=O) groups is 2. The number of rotatable bonds is 2. The van der Waals surface area contributed by atoms with Crippen LogP contribution in [0.4, 0.5) is 4.39 Å². The molecule has 0 spiro atoms. The predicted molar refractivity (Wildman–Crippen MR) is 122 cm³/mol. The summed E-state index contributed by atoms with van der Waals surface area (Å²) in [6.07, 6.45) is 0.0948. The Bertz CT molecular complexity index is 1350. The highest BCUT2D eigenvalue weighted by Crippen LogP contribution is 2.43. The van der Waals surface area contributed by atoms with E-state index in [0.717, 1.165) is 12.1 Å². The third-order valence-corrected chi connectivity index (χ3v) is 7.31. The zero-order valence-corrected chi connectivity index (χ0v) is 18.4. The van der Waals surface area contributed by atoms with Crippen LogP contribution >= 0.6 is 0 Å². The molecule has 2 aromatic carbocycles. The highest BCUT2D eigenvalue weighted by molar-refractivity contribution is 5.97. The van der Waals surface area contributed by atoms with Crippen molar-refractivity contribution in [3.63, 3.8) is 0 Å². The van der Waals surface area contributed by atoms with Gasteiger partial charge in [0.05, 0.1) is 5.56 Å². The van der Waals surface area contributed by atoms with Crippen molar-refractivity contribution in [2.24, 2.45) is 5.92 Å². The second-order valence-electron chi connectivity index (χ2n) is 9.38. The van der Waals surface area contributed by atoms with Crippen molar-refractivity contribution in [3.05, 3.63) is 105 Å². The molecule has 0 radical (unpaired) electrons. The van der Waals surface area contributed by atoms with E-state index in [9.17, 15) is 18.8 Å². The fourth-order valence-electron chi connectivity index (χ4n) is 5.81. The minimum Gasteiger partial charge on any atom is -0.453 e. The SMILES string of the molecule is O=C1OC(c2ccc(F)cc2)C(C(=O)N2CC3CC(C2)c2cccc(=O)n2C3)c2ccccc21. The summed E-state index contributed by atoms with van der Waals surface area (Å²) in [5.74, 6) is -1.46. The molecule has 3 aromatic rings. The fourth-order valence-corrected chi connectivity index (χ4v) is 5.81. The summed E-state index contributed by atoms with van der Waals surface area (Å²) in [7, 11) is 0. The largest absolute Gasteiger partial charge is 0.453 e. The summed E-state index contributed by atoms with van der Waals surface area (Å²) in [5.41, 5.74) is 2.55. The number of amides is 1. The molecule has 6 rings (SSSR count). The molecule has 0 N–H and O–H groups in total. The summed E-state index contributed by atoms with van der Waals surface area (Å²) in [6, 6.07) is 18.1. The lowest BCUT2D eigenvalue weighted by molar-refractivity contribution is -0.139. The Hall–Kier alpha value is -3.74. The van der Waals surface area contributed by atoms with Gasteiger partial charge in [-0.2, -0.15) is 0 Å². The number of esters is 1. The standard InChI is InChI=1S/C27H23FN2O4/c28-19-10-8-17(9-11-19)25-24(20-4-1-2-5-21(20)27(33)34-25)26(32)29-13-16-12-18(15-29)22-6-3-7-23(31)30(22)14-16/h1-11,16,18,24-25H,12-15H2. The molecule has 34 heavy (non-hydrogen) atoms. The monoisotopic (exact) mass is 458 g/mol. The zero-order chi connectivity index (χ0) is 23.4. The lowest BCUT2D eigenvalue weighted by Gasteiger charge is -2.44. The van der Waals surface area contributed by atoms with Gasteiger partial charge in [0.1, 0.15) is 17.8 Å². The van der Waals surface area contributed by atoms with Gasteiger partial charge in [0.15, 0.2) is 0 Å². The van der Waals surface area contributed by atoms with Crippen LogP contribution in [-0.4, -0.2) is 34.4 Å². The quantitative estimate of drug-likeness (QED) is 0.550.